The zero-order valence-corrected chi connectivity index (χ0v) is 15.9. The molecule has 0 saturated carbocycles. The molecule has 1 amide bonds. The number of carbonyl (C=O) groups excluding carboxylic acids is 1. The number of oxazole rings is 1. The Hall–Kier alpha value is -3.39. The molecular formula is C20H17N5O2S. The highest BCUT2D eigenvalue weighted by Gasteiger charge is 2.15. The maximum atomic E-state index is 12.3. The molecule has 28 heavy (non-hydrogen) atoms. The van der Waals surface area contributed by atoms with Crippen molar-refractivity contribution in [1.29, 1.82) is 0 Å². The Morgan fingerprint density at radius 1 is 1.18 bits per heavy atom. The highest BCUT2D eigenvalue weighted by atomic mass is 32.1. The summed E-state index contributed by atoms with van der Waals surface area (Å²) in [6.07, 6.45) is 5.07. The van der Waals surface area contributed by atoms with Gasteiger partial charge in [0.2, 0.25) is 11.8 Å². The molecule has 0 atom stereocenters. The molecular weight excluding hydrogens is 374 g/mol. The van der Waals surface area contributed by atoms with Gasteiger partial charge in [0.15, 0.2) is 0 Å². The number of hydrogen-bond acceptors (Lipinski definition) is 7. The summed E-state index contributed by atoms with van der Waals surface area (Å²) < 4.78 is 5.70. The van der Waals surface area contributed by atoms with E-state index < -0.39 is 0 Å². The lowest BCUT2D eigenvalue weighted by atomic mass is 10.2. The Balaban J connectivity index is 1.37. The summed E-state index contributed by atoms with van der Waals surface area (Å²) >= 11 is 1.47. The molecule has 4 rings (SSSR count). The molecule has 140 valence electrons. The van der Waals surface area contributed by atoms with Crippen LogP contribution in [0.25, 0.3) is 22.2 Å². The summed E-state index contributed by atoms with van der Waals surface area (Å²) in [4.78, 5) is 29.5. The number of amides is 1. The lowest BCUT2D eigenvalue weighted by Crippen LogP contribution is -2.25. The third-order valence-corrected chi connectivity index (χ3v) is 4.96. The van der Waals surface area contributed by atoms with Gasteiger partial charge in [-0.2, -0.15) is 0 Å². The Bertz CT molecular complexity index is 1080. The third kappa shape index (κ3) is 4.12. The van der Waals surface area contributed by atoms with Crippen LogP contribution in [0.15, 0.2) is 58.7 Å². The second kappa shape index (κ2) is 8.10. The number of nitrogens with one attached hydrogen (secondary N) is 1. The minimum absolute atomic E-state index is 0.134. The van der Waals surface area contributed by atoms with Gasteiger partial charge in [0.1, 0.15) is 16.5 Å². The lowest BCUT2D eigenvalue weighted by molar-refractivity contribution is -0.120. The van der Waals surface area contributed by atoms with Crippen LogP contribution in [0.5, 0.6) is 0 Å². The number of hydrogen-bond donors (Lipinski definition) is 1. The molecule has 1 N–H and O–H groups in total. The Labute approximate surface area is 165 Å². The third-order valence-electron chi connectivity index (χ3n) is 4.04. The average molecular weight is 391 g/mol. The number of benzene rings is 1. The van der Waals surface area contributed by atoms with Gasteiger partial charge in [-0.15, -0.1) is 11.3 Å². The maximum Gasteiger partial charge on any atom is 0.226 e. The van der Waals surface area contributed by atoms with Gasteiger partial charge in [0.25, 0.3) is 0 Å². The molecule has 3 heterocycles. The molecule has 1 aromatic carbocycles. The Morgan fingerprint density at radius 2 is 2.04 bits per heavy atom. The fourth-order valence-corrected chi connectivity index (χ4v) is 3.40. The van der Waals surface area contributed by atoms with Crippen molar-refractivity contribution < 1.29 is 9.21 Å². The monoisotopic (exact) mass is 391 g/mol. The molecule has 0 spiro atoms. The van der Waals surface area contributed by atoms with Crippen molar-refractivity contribution in [2.45, 2.75) is 19.9 Å². The minimum Gasteiger partial charge on any atom is -0.441 e. The van der Waals surface area contributed by atoms with Crippen molar-refractivity contribution in [2.75, 3.05) is 0 Å². The lowest BCUT2D eigenvalue weighted by Gasteiger charge is -2.01. The molecule has 0 radical (unpaired) electrons. The van der Waals surface area contributed by atoms with E-state index in [2.05, 4.69) is 25.3 Å². The second-order valence-corrected chi connectivity index (χ2v) is 6.93. The number of nitrogens with zero attached hydrogens (tertiary/aromatic N) is 4. The topological polar surface area (TPSA) is 93.8 Å². The van der Waals surface area contributed by atoms with Crippen LogP contribution >= 0.6 is 11.3 Å². The second-order valence-electron chi connectivity index (χ2n) is 6.08. The first-order chi connectivity index (χ1) is 13.7. The van der Waals surface area contributed by atoms with Crippen molar-refractivity contribution in [3.05, 3.63) is 71.5 Å². The SMILES string of the molecule is Cc1oc(-c2ccccc2)nc1CC(=O)NCc1csc(-c2cnccn2)n1. The van der Waals surface area contributed by atoms with Crippen LogP contribution in [0, 0.1) is 6.92 Å². The number of carbonyl (C=O) groups is 1. The molecule has 4 aromatic rings. The number of thiazole rings is 1. The zero-order chi connectivity index (χ0) is 19.3. The van der Waals surface area contributed by atoms with Crippen molar-refractivity contribution in [3.63, 3.8) is 0 Å². The molecule has 0 saturated heterocycles. The summed E-state index contributed by atoms with van der Waals surface area (Å²) in [6, 6.07) is 9.62. The van der Waals surface area contributed by atoms with Crippen LogP contribution in [-0.2, 0) is 17.8 Å². The zero-order valence-electron chi connectivity index (χ0n) is 15.1. The van der Waals surface area contributed by atoms with Gasteiger partial charge >= 0.3 is 0 Å². The fraction of sp³-hybridized carbons (Fsp3) is 0.150. The standard InChI is InChI=1S/C20H17N5O2S/c1-13-16(25-19(27-13)14-5-3-2-4-6-14)9-18(26)23-10-15-12-28-20(24-15)17-11-21-7-8-22-17/h2-8,11-12H,9-10H2,1H3,(H,23,26). The van der Waals surface area contributed by atoms with Gasteiger partial charge in [-0.3, -0.25) is 14.8 Å². The summed E-state index contributed by atoms with van der Waals surface area (Å²) in [7, 11) is 0. The predicted molar refractivity (Wildman–Crippen MR) is 105 cm³/mol. The van der Waals surface area contributed by atoms with Gasteiger partial charge in [0, 0.05) is 23.3 Å². The van der Waals surface area contributed by atoms with Gasteiger partial charge in [-0.25, -0.2) is 9.97 Å². The van der Waals surface area contributed by atoms with Gasteiger partial charge in [-0.1, -0.05) is 18.2 Å². The molecule has 3 aromatic heterocycles. The Kier molecular flexibility index (Phi) is 5.20. The summed E-state index contributed by atoms with van der Waals surface area (Å²) in [5.74, 6) is 1.03. The normalized spacial score (nSPS) is 10.8. The van der Waals surface area contributed by atoms with E-state index in [-0.39, 0.29) is 12.3 Å². The molecule has 7 nitrogen and oxygen atoms in total. The van der Waals surface area contributed by atoms with E-state index in [0.29, 0.717) is 23.9 Å². The number of aromatic nitrogens is 4. The molecule has 0 fully saturated rings. The number of rotatable bonds is 6. The van der Waals surface area contributed by atoms with E-state index in [0.717, 1.165) is 22.0 Å². The highest BCUT2D eigenvalue weighted by Crippen LogP contribution is 2.22. The molecule has 0 bridgehead atoms. The minimum atomic E-state index is -0.134. The van der Waals surface area contributed by atoms with Crippen molar-refractivity contribution in [3.8, 4) is 22.2 Å². The molecule has 0 aliphatic carbocycles. The summed E-state index contributed by atoms with van der Waals surface area (Å²) in [5, 5.41) is 5.55. The van der Waals surface area contributed by atoms with E-state index in [9.17, 15) is 4.79 Å². The first-order valence-electron chi connectivity index (χ1n) is 8.68. The first-order valence-corrected chi connectivity index (χ1v) is 9.56. The van der Waals surface area contributed by atoms with E-state index in [1.165, 1.54) is 11.3 Å². The highest BCUT2D eigenvalue weighted by molar-refractivity contribution is 7.13. The van der Waals surface area contributed by atoms with E-state index in [1.54, 1.807) is 18.6 Å². The average Bonchev–Trinajstić information content (AvgIpc) is 3.35. The van der Waals surface area contributed by atoms with Crippen LogP contribution in [0.4, 0.5) is 0 Å². The smallest absolute Gasteiger partial charge is 0.226 e. The van der Waals surface area contributed by atoms with Crippen LogP contribution < -0.4 is 5.32 Å². The summed E-state index contributed by atoms with van der Waals surface area (Å²) in [5.41, 5.74) is 3.02. The summed E-state index contributed by atoms with van der Waals surface area (Å²) in [6.45, 7) is 2.16. The predicted octanol–water partition coefficient (Wildman–Crippen LogP) is 3.42. The molecule has 0 unspecified atom stereocenters. The van der Waals surface area contributed by atoms with E-state index in [4.69, 9.17) is 4.42 Å². The maximum absolute atomic E-state index is 12.3. The van der Waals surface area contributed by atoms with Crippen molar-refractivity contribution in [2.24, 2.45) is 0 Å². The molecule has 0 aliphatic rings. The Morgan fingerprint density at radius 3 is 2.82 bits per heavy atom. The van der Waals surface area contributed by atoms with Gasteiger partial charge in [0.05, 0.1) is 30.6 Å². The van der Waals surface area contributed by atoms with Crippen LogP contribution in [0.2, 0.25) is 0 Å². The van der Waals surface area contributed by atoms with Gasteiger partial charge < -0.3 is 9.73 Å². The largest absolute Gasteiger partial charge is 0.441 e. The van der Waals surface area contributed by atoms with Crippen LogP contribution in [0.3, 0.4) is 0 Å². The quantitative estimate of drug-likeness (QED) is 0.541. The van der Waals surface area contributed by atoms with Crippen molar-refractivity contribution >= 4 is 17.2 Å². The van der Waals surface area contributed by atoms with Gasteiger partial charge in [-0.05, 0) is 19.1 Å². The van der Waals surface area contributed by atoms with Crippen LogP contribution in [0.1, 0.15) is 17.1 Å². The van der Waals surface area contributed by atoms with Crippen LogP contribution in [-0.4, -0.2) is 25.8 Å². The number of aryl methyl sites for hydroxylation is 1. The molecule has 8 heteroatoms. The first kappa shape index (κ1) is 18.0. The van der Waals surface area contributed by atoms with Crippen molar-refractivity contribution in [1.82, 2.24) is 25.3 Å². The van der Waals surface area contributed by atoms with E-state index in [1.807, 2.05) is 42.6 Å². The van der Waals surface area contributed by atoms with E-state index >= 15 is 0 Å². The fourth-order valence-electron chi connectivity index (χ4n) is 2.62. The molecule has 0 aliphatic heterocycles.